The maximum atomic E-state index is 11.8. The Balaban J connectivity index is 1.72. The number of carboxylic acids is 1. The average Bonchev–Trinajstić information content (AvgIpc) is 2.94. The molecule has 4 rings (SSSR count). The normalized spacial score (nSPS) is 15.9. The molecule has 3 aromatic rings. The van der Waals surface area contributed by atoms with Crippen LogP contribution < -0.4 is 4.74 Å². The second kappa shape index (κ2) is 13.2. The number of nitriles is 1. The van der Waals surface area contributed by atoms with Crippen LogP contribution in [0.4, 0.5) is 0 Å². The van der Waals surface area contributed by atoms with Crippen molar-refractivity contribution in [2.75, 3.05) is 40.1 Å². The van der Waals surface area contributed by atoms with E-state index < -0.39 is 12.0 Å². The molecular weight excluding hydrogens is 504 g/mol. The summed E-state index contributed by atoms with van der Waals surface area (Å²) in [7, 11) is 1.60. The van der Waals surface area contributed by atoms with Crippen LogP contribution in [0.5, 0.6) is 5.75 Å². The Morgan fingerprint density at radius 2 is 1.95 bits per heavy atom. The summed E-state index contributed by atoms with van der Waals surface area (Å²) in [5, 5.41) is 20.1. The maximum Gasteiger partial charge on any atom is 0.323 e. The highest BCUT2D eigenvalue weighted by molar-refractivity contribution is 6.32. The predicted molar refractivity (Wildman–Crippen MR) is 147 cm³/mol. The van der Waals surface area contributed by atoms with Crippen molar-refractivity contribution < 1.29 is 24.1 Å². The summed E-state index contributed by atoms with van der Waals surface area (Å²) < 4.78 is 16.3. The number of nitrogens with zero attached hydrogens (tertiary/aromatic N) is 2. The third kappa shape index (κ3) is 6.60. The lowest BCUT2D eigenvalue weighted by molar-refractivity contribution is -0.150. The first-order valence-electron chi connectivity index (χ1n) is 12.3. The van der Waals surface area contributed by atoms with Gasteiger partial charge in [0.1, 0.15) is 24.5 Å². The Kier molecular flexibility index (Phi) is 9.52. The van der Waals surface area contributed by atoms with Crippen LogP contribution in [0.15, 0.2) is 60.7 Å². The smallest absolute Gasteiger partial charge is 0.323 e. The van der Waals surface area contributed by atoms with E-state index in [-0.39, 0.29) is 6.61 Å². The number of hydrogen-bond donors (Lipinski definition) is 1. The monoisotopic (exact) mass is 532 g/mol. The first-order valence-corrected chi connectivity index (χ1v) is 12.6. The van der Waals surface area contributed by atoms with Gasteiger partial charge in [-0.05, 0) is 34.4 Å². The molecule has 0 bridgehead atoms. The number of carbonyl (C=O) groups is 1. The summed E-state index contributed by atoms with van der Waals surface area (Å²) >= 11 is 6.56. The van der Waals surface area contributed by atoms with Crippen LogP contribution >= 0.6 is 11.6 Å². The van der Waals surface area contributed by atoms with Gasteiger partial charge in [-0.15, -0.1) is 0 Å². The number of carboxylic acid groups (broad SMARTS) is 1. The van der Waals surface area contributed by atoms with Gasteiger partial charge >= 0.3 is 5.97 Å². The van der Waals surface area contributed by atoms with Gasteiger partial charge in [0.15, 0.2) is 0 Å². The van der Waals surface area contributed by atoms with Crippen molar-refractivity contribution in [1.29, 1.82) is 5.26 Å². The number of halogens is 1. The van der Waals surface area contributed by atoms with Crippen molar-refractivity contribution in [3.8, 4) is 22.9 Å². The van der Waals surface area contributed by atoms with Gasteiger partial charge in [0, 0.05) is 25.8 Å². The summed E-state index contributed by atoms with van der Waals surface area (Å²) in [5.41, 5.74) is 4.82. The van der Waals surface area contributed by atoms with E-state index in [2.05, 4.69) is 6.07 Å². The molecule has 0 radical (unpaired) electrons. The van der Waals surface area contributed by atoms with Crippen molar-refractivity contribution in [2.24, 2.45) is 0 Å². The van der Waals surface area contributed by atoms with Gasteiger partial charge in [-0.25, -0.2) is 0 Å². The molecule has 196 valence electrons. The van der Waals surface area contributed by atoms with E-state index in [9.17, 15) is 15.2 Å². The number of hydrogen-bond acceptors (Lipinski definition) is 6. The van der Waals surface area contributed by atoms with Gasteiger partial charge < -0.3 is 19.3 Å². The Bertz CT molecular complexity index is 1340. The summed E-state index contributed by atoms with van der Waals surface area (Å²) in [6.07, 6.45) is 3.81. The van der Waals surface area contributed by atoms with E-state index in [0.29, 0.717) is 49.2 Å². The molecule has 0 aromatic heterocycles. The van der Waals surface area contributed by atoms with Gasteiger partial charge in [0.25, 0.3) is 0 Å². The van der Waals surface area contributed by atoms with Crippen molar-refractivity contribution in [1.82, 2.24) is 4.90 Å². The number of rotatable bonds is 10. The molecule has 0 unspecified atom stereocenters. The maximum absolute atomic E-state index is 11.8. The third-order valence-corrected chi connectivity index (χ3v) is 6.67. The molecule has 8 heteroatoms. The number of ether oxygens (including phenoxy) is 3. The zero-order chi connectivity index (χ0) is 26.9. The van der Waals surface area contributed by atoms with Crippen LogP contribution in [-0.4, -0.2) is 62.1 Å². The summed E-state index contributed by atoms with van der Waals surface area (Å²) in [5.74, 6) is -0.425. The molecule has 1 N–H and O–H groups in total. The summed E-state index contributed by atoms with van der Waals surface area (Å²) in [6.45, 7) is 2.19. The van der Waals surface area contributed by atoms with Crippen LogP contribution in [0.25, 0.3) is 23.3 Å². The standard InChI is InChI=1S/C30H29ClN2O5/c1-36-14-15-38-29-17-23(24(16-27(29)31)19-33-12-13-37-20-28(33)30(34)35)11-10-22-8-5-9-25(26(22)18-32)21-6-3-2-4-7-21/h2-11,16-17,28H,12-15,19-20H2,1H3,(H,34,35)/b11-10+/t28-/m0/s1. The van der Waals surface area contributed by atoms with Gasteiger partial charge in [-0.1, -0.05) is 72.3 Å². The molecule has 7 nitrogen and oxygen atoms in total. The number of benzene rings is 3. The first kappa shape index (κ1) is 27.4. The largest absolute Gasteiger partial charge is 0.490 e. The molecule has 3 aromatic carbocycles. The van der Waals surface area contributed by atoms with Gasteiger partial charge in [-0.3, -0.25) is 9.69 Å². The Labute approximate surface area is 227 Å². The lowest BCUT2D eigenvalue weighted by Crippen LogP contribution is -2.49. The van der Waals surface area contributed by atoms with Crippen LogP contribution in [0.2, 0.25) is 5.02 Å². The van der Waals surface area contributed by atoms with Crippen LogP contribution in [0, 0.1) is 11.3 Å². The quantitative estimate of drug-likeness (QED) is 0.277. The van der Waals surface area contributed by atoms with Gasteiger partial charge in [0.05, 0.1) is 30.4 Å². The zero-order valence-electron chi connectivity index (χ0n) is 21.1. The topological polar surface area (TPSA) is 92.0 Å². The minimum absolute atomic E-state index is 0.129. The molecule has 0 aliphatic carbocycles. The third-order valence-electron chi connectivity index (χ3n) is 6.37. The molecule has 1 saturated heterocycles. The lowest BCUT2D eigenvalue weighted by Gasteiger charge is -2.33. The average molecular weight is 533 g/mol. The molecule has 0 spiro atoms. The van der Waals surface area contributed by atoms with Crippen molar-refractivity contribution >= 4 is 29.7 Å². The first-order chi connectivity index (χ1) is 18.5. The minimum atomic E-state index is -0.927. The molecular formula is C30H29ClN2O5. The molecule has 0 saturated carbocycles. The SMILES string of the molecule is COCCOc1cc(/C=C/c2cccc(-c3ccccc3)c2C#N)c(CN2CCOC[C@H]2C(=O)O)cc1Cl. The van der Waals surface area contributed by atoms with E-state index >= 15 is 0 Å². The molecule has 38 heavy (non-hydrogen) atoms. The van der Waals surface area contributed by atoms with Crippen LogP contribution in [0.1, 0.15) is 22.3 Å². The van der Waals surface area contributed by atoms with E-state index in [1.54, 1.807) is 7.11 Å². The molecule has 1 atom stereocenters. The predicted octanol–water partition coefficient (Wildman–Crippen LogP) is 5.36. The molecule has 1 aliphatic heterocycles. The Morgan fingerprint density at radius 1 is 1.16 bits per heavy atom. The van der Waals surface area contributed by atoms with E-state index in [1.165, 1.54) is 0 Å². The second-order valence-corrected chi connectivity index (χ2v) is 9.21. The van der Waals surface area contributed by atoms with Gasteiger partial charge in [0.2, 0.25) is 0 Å². The van der Waals surface area contributed by atoms with Crippen LogP contribution in [-0.2, 0) is 20.8 Å². The lowest BCUT2D eigenvalue weighted by atomic mass is 9.95. The van der Waals surface area contributed by atoms with Crippen molar-refractivity contribution in [3.63, 3.8) is 0 Å². The van der Waals surface area contributed by atoms with Crippen LogP contribution in [0.3, 0.4) is 0 Å². The molecule has 0 amide bonds. The highest BCUT2D eigenvalue weighted by atomic mass is 35.5. The molecule has 1 fully saturated rings. The highest BCUT2D eigenvalue weighted by Crippen LogP contribution is 2.32. The van der Waals surface area contributed by atoms with Crippen molar-refractivity contribution in [3.05, 3.63) is 87.9 Å². The Morgan fingerprint density at radius 3 is 2.68 bits per heavy atom. The minimum Gasteiger partial charge on any atom is -0.490 e. The fourth-order valence-corrected chi connectivity index (χ4v) is 4.63. The molecule has 1 aliphatic rings. The van der Waals surface area contributed by atoms with E-state index in [4.69, 9.17) is 25.8 Å². The number of morpholine rings is 1. The van der Waals surface area contributed by atoms with Gasteiger partial charge in [-0.2, -0.15) is 5.26 Å². The Hall–Kier alpha value is -3.67. The van der Waals surface area contributed by atoms with Crippen molar-refractivity contribution in [2.45, 2.75) is 12.6 Å². The number of aliphatic carboxylic acids is 1. The highest BCUT2D eigenvalue weighted by Gasteiger charge is 2.29. The fraction of sp³-hybridized carbons (Fsp3) is 0.267. The zero-order valence-corrected chi connectivity index (χ0v) is 21.9. The summed E-state index contributed by atoms with van der Waals surface area (Å²) in [4.78, 5) is 13.7. The second-order valence-electron chi connectivity index (χ2n) is 8.80. The number of methoxy groups -OCH3 is 1. The fourth-order valence-electron chi connectivity index (χ4n) is 4.39. The van der Waals surface area contributed by atoms with E-state index in [0.717, 1.165) is 27.8 Å². The molecule has 1 heterocycles. The summed E-state index contributed by atoms with van der Waals surface area (Å²) in [6, 6.07) is 20.8. The van der Waals surface area contributed by atoms with E-state index in [1.807, 2.05) is 77.7 Å².